The van der Waals surface area contributed by atoms with Gasteiger partial charge in [-0.25, -0.2) is 0 Å². The topological polar surface area (TPSA) is 22.1 Å². The monoisotopic (exact) mass is 403 g/mol. The van der Waals surface area contributed by atoms with Crippen molar-refractivity contribution < 1.29 is 26.7 Å². The molecule has 20 heavy (non-hydrogen) atoms. The van der Waals surface area contributed by atoms with E-state index in [0.29, 0.717) is 0 Å². The van der Waals surface area contributed by atoms with Crippen molar-refractivity contribution in [2.24, 2.45) is 0 Å². The van der Waals surface area contributed by atoms with E-state index in [1.165, 1.54) is 12.3 Å². The normalized spacial score (nSPS) is 13.4. The van der Waals surface area contributed by atoms with Crippen LogP contribution < -0.4 is 8.45 Å². The van der Waals surface area contributed by atoms with E-state index in [1.807, 2.05) is 0 Å². The molecule has 0 unspecified atom stereocenters. The summed E-state index contributed by atoms with van der Waals surface area (Å²) in [6.07, 6.45) is -4.42. The molecule has 0 saturated carbocycles. The molecule has 0 spiro atoms. The molecule has 8 heteroatoms. The zero-order valence-corrected chi connectivity index (χ0v) is 14.0. The van der Waals surface area contributed by atoms with E-state index >= 15 is 0 Å². The average Bonchev–Trinajstić information content (AvgIpc) is 2.24. The Labute approximate surface area is 123 Å². The number of rotatable bonds is 4. The summed E-state index contributed by atoms with van der Waals surface area (Å²) >= 11 is -0.940. The molecule has 0 aliphatic carbocycles. The van der Waals surface area contributed by atoms with E-state index in [1.54, 1.807) is 6.07 Å². The molecule has 1 aromatic heterocycles. The maximum absolute atomic E-state index is 12.7. The first kappa shape index (κ1) is 17.5. The molecule has 1 rings (SSSR count). The molecule has 0 N–H and O–H groups in total. The fraction of sp³-hybridized carbons (Fsp3) is 0.583. The van der Waals surface area contributed by atoms with Gasteiger partial charge >= 0.3 is 124 Å². The second-order valence-electron chi connectivity index (χ2n) is 5.25. The Morgan fingerprint density at radius 2 is 1.70 bits per heavy atom. The first-order chi connectivity index (χ1) is 8.91. The molecule has 0 atom stereocenters. The van der Waals surface area contributed by atoms with Crippen LogP contribution in [0.4, 0.5) is 22.0 Å². The van der Waals surface area contributed by atoms with Gasteiger partial charge in [0, 0.05) is 0 Å². The molecule has 0 aliphatic heterocycles. The fourth-order valence-corrected chi connectivity index (χ4v) is 4.22. The molecule has 112 valence electrons. The average molecular weight is 402 g/mol. The SMILES string of the molecule is C[C](C)(C)[Sn][c]1ccc(OCC(F)(F)C(F)(F)F)cn1. The van der Waals surface area contributed by atoms with Crippen LogP contribution in [-0.4, -0.2) is 44.8 Å². The van der Waals surface area contributed by atoms with Gasteiger partial charge in [-0.15, -0.1) is 0 Å². The van der Waals surface area contributed by atoms with E-state index in [9.17, 15) is 22.0 Å². The Morgan fingerprint density at radius 3 is 2.10 bits per heavy atom. The Morgan fingerprint density at radius 1 is 1.10 bits per heavy atom. The third-order valence-corrected chi connectivity index (χ3v) is 5.79. The van der Waals surface area contributed by atoms with Gasteiger partial charge in [-0.1, -0.05) is 0 Å². The predicted octanol–water partition coefficient (Wildman–Crippen LogP) is 3.21. The summed E-state index contributed by atoms with van der Waals surface area (Å²) in [7, 11) is 0. The Bertz CT molecular complexity index is 439. The van der Waals surface area contributed by atoms with Crippen LogP contribution in [-0.2, 0) is 0 Å². The number of aromatic nitrogens is 1. The fourth-order valence-electron chi connectivity index (χ4n) is 1.18. The minimum absolute atomic E-state index is 0.0917. The van der Waals surface area contributed by atoms with Crippen LogP contribution in [0.2, 0.25) is 3.43 Å². The van der Waals surface area contributed by atoms with Gasteiger partial charge in [0.15, 0.2) is 0 Å². The number of ether oxygens (including phenoxy) is 1. The number of hydrogen-bond acceptors (Lipinski definition) is 2. The van der Waals surface area contributed by atoms with Gasteiger partial charge < -0.3 is 0 Å². The summed E-state index contributed by atoms with van der Waals surface area (Å²) in [5.74, 6) is -4.96. The third kappa shape index (κ3) is 5.41. The van der Waals surface area contributed by atoms with Crippen LogP contribution in [0.15, 0.2) is 18.3 Å². The second-order valence-corrected chi connectivity index (χ2v) is 11.7. The van der Waals surface area contributed by atoms with Crippen molar-refractivity contribution in [3.63, 3.8) is 0 Å². The summed E-state index contributed by atoms with van der Waals surface area (Å²) < 4.78 is 66.7. The van der Waals surface area contributed by atoms with Crippen LogP contribution >= 0.6 is 0 Å². The Hall–Kier alpha value is -0.601. The zero-order chi connectivity index (χ0) is 15.6. The summed E-state index contributed by atoms with van der Waals surface area (Å²) in [6, 6.07) is 3.00. The van der Waals surface area contributed by atoms with Crippen molar-refractivity contribution in [2.75, 3.05) is 6.61 Å². The van der Waals surface area contributed by atoms with Crippen LogP contribution in [0.3, 0.4) is 0 Å². The van der Waals surface area contributed by atoms with Gasteiger partial charge in [0.2, 0.25) is 0 Å². The molecule has 0 aromatic carbocycles. The molecule has 2 nitrogen and oxygen atoms in total. The first-order valence-electron chi connectivity index (χ1n) is 5.72. The maximum atomic E-state index is 12.7. The molecule has 0 saturated heterocycles. The van der Waals surface area contributed by atoms with Crippen LogP contribution in [0.5, 0.6) is 5.75 Å². The third-order valence-electron chi connectivity index (χ3n) is 2.07. The van der Waals surface area contributed by atoms with Crippen molar-refractivity contribution in [3.05, 3.63) is 18.3 Å². The molecule has 2 radical (unpaired) electrons. The second kappa shape index (κ2) is 6.03. The number of halogens is 5. The molecule has 0 bridgehead atoms. The quantitative estimate of drug-likeness (QED) is 0.571. The molecule has 0 aliphatic rings. The van der Waals surface area contributed by atoms with Crippen LogP contribution in [0.1, 0.15) is 20.8 Å². The van der Waals surface area contributed by atoms with E-state index in [2.05, 4.69) is 30.5 Å². The summed E-state index contributed by atoms with van der Waals surface area (Å²) in [5, 5.41) is 0. The minimum atomic E-state index is -5.61. The molecule has 0 amide bonds. The molecular weight excluding hydrogens is 388 g/mol. The summed E-state index contributed by atoms with van der Waals surface area (Å²) in [4.78, 5) is 4.05. The molecular formula is C12H14F5NOSn. The standard InChI is InChI=1S/C8H5F5NO.C4H9.Sn/c9-7(10,8(11,12)13)5-15-6-2-1-3-14-4-6;1-4(2)3;/h1-2,4H,5H2;1-3H3;. The number of pyridine rings is 1. The van der Waals surface area contributed by atoms with Gasteiger partial charge in [-0.3, -0.25) is 0 Å². The zero-order valence-electron chi connectivity index (χ0n) is 11.2. The van der Waals surface area contributed by atoms with Crippen LogP contribution in [0, 0.1) is 0 Å². The van der Waals surface area contributed by atoms with Crippen molar-refractivity contribution in [2.45, 2.75) is 36.3 Å². The van der Waals surface area contributed by atoms with Gasteiger partial charge in [0.1, 0.15) is 0 Å². The predicted molar refractivity (Wildman–Crippen MR) is 65.8 cm³/mol. The van der Waals surface area contributed by atoms with Crippen molar-refractivity contribution in [3.8, 4) is 5.75 Å². The summed E-state index contributed by atoms with van der Waals surface area (Å²) in [5.41, 5.74) is 0. The van der Waals surface area contributed by atoms with E-state index in [0.717, 1.165) is 3.71 Å². The molecule has 1 heterocycles. The van der Waals surface area contributed by atoms with Gasteiger partial charge in [-0.05, 0) is 0 Å². The Balaban J connectivity index is 2.63. The van der Waals surface area contributed by atoms with Crippen molar-refractivity contribution in [1.29, 1.82) is 0 Å². The molecule has 1 aromatic rings. The van der Waals surface area contributed by atoms with Gasteiger partial charge in [-0.2, -0.15) is 0 Å². The number of hydrogen-bond donors (Lipinski definition) is 0. The van der Waals surface area contributed by atoms with Crippen LogP contribution in [0.25, 0.3) is 0 Å². The first-order valence-corrected chi connectivity index (χ1v) is 8.58. The summed E-state index contributed by atoms with van der Waals surface area (Å²) in [6.45, 7) is 4.50. The van der Waals surface area contributed by atoms with Crippen molar-refractivity contribution >= 4 is 24.9 Å². The number of alkyl halides is 5. The van der Waals surface area contributed by atoms with Crippen molar-refractivity contribution in [1.82, 2.24) is 4.98 Å². The molecule has 0 fully saturated rings. The van der Waals surface area contributed by atoms with E-state index in [4.69, 9.17) is 0 Å². The number of nitrogens with zero attached hydrogens (tertiary/aromatic N) is 1. The van der Waals surface area contributed by atoms with Gasteiger partial charge in [0.25, 0.3) is 0 Å². The van der Waals surface area contributed by atoms with E-state index in [-0.39, 0.29) is 9.18 Å². The van der Waals surface area contributed by atoms with Gasteiger partial charge in [0.05, 0.1) is 0 Å². The Kier molecular flexibility index (Phi) is 5.26. The van der Waals surface area contributed by atoms with E-state index < -0.39 is 39.8 Å².